The number of aliphatic carboxylic acids is 1. The molecule has 36 heavy (non-hydrogen) atoms. The molecular weight excluding hydrogens is 474 g/mol. The van der Waals surface area contributed by atoms with E-state index in [9.17, 15) is 29.1 Å². The number of rotatable bonds is 1. The standard InChI is InChI=1S/C22H27N7O7/c1-28-13-18(30)23-8-10-29-12-16(26-27-29)21(33)24-9-11-36-17-5-3-2-4-14(17)20(32)25-15(22(34)35)6-7-19(28)31/h2-5,12,15H,6-11,13H2,1H3,(H,23,30)(H,24,33)(H,25,32)(H,34,35)/t15-/m0/s1. The molecule has 1 aliphatic heterocycles. The van der Waals surface area contributed by atoms with Crippen LogP contribution in [0.3, 0.4) is 0 Å². The summed E-state index contributed by atoms with van der Waals surface area (Å²) < 4.78 is 7.02. The summed E-state index contributed by atoms with van der Waals surface area (Å²) in [6.07, 6.45) is 1.07. The number of para-hydroxylation sites is 1. The van der Waals surface area contributed by atoms with Gasteiger partial charge in [-0.1, -0.05) is 17.3 Å². The third-order valence-electron chi connectivity index (χ3n) is 5.27. The Labute approximate surface area is 206 Å². The lowest BCUT2D eigenvalue weighted by atomic mass is 10.1. The van der Waals surface area contributed by atoms with Crippen LogP contribution in [0.5, 0.6) is 5.75 Å². The van der Waals surface area contributed by atoms with E-state index in [4.69, 9.17) is 4.74 Å². The first-order chi connectivity index (χ1) is 17.2. The number of carbonyl (C=O) groups is 5. The topological polar surface area (TPSA) is 185 Å². The molecule has 1 atom stereocenters. The molecule has 1 aromatic carbocycles. The molecule has 0 radical (unpaired) electrons. The molecule has 0 spiro atoms. The van der Waals surface area contributed by atoms with Crippen LogP contribution >= 0.6 is 0 Å². The zero-order valence-electron chi connectivity index (χ0n) is 19.6. The summed E-state index contributed by atoms with van der Waals surface area (Å²) in [6, 6.07) is 4.92. The smallest absolute Gasteiger partial charge is 0.326 e. The second-order valence-electron chi connectivity index (χ2n) is 7.97. The van der Waals surface area contributed by atoms with Gasteiger partial charge in [0.15, 0.2) is 5.69 Å². The molecule has 0 fully saturated rings. The third-order valence-corrected chi connectivity index (χ3v) is 5.27. The van der Waals surface area contributed by atoms with Crippen molar-refractivity contribution >= 4 is 29.6 Å². The number of amides is 4. The zero-order valence-corrected chi connectivity index (χ0v) is 19.6. The van der Waals surface area contributed by atoms with E-state index in [-0.39, 0.29) is 62.6 Å². The lowest BCUT2D eigenvalue weighted by Gasteiger charge is -2.19. The van der Waals surface area contributed by atoms with Crippen molar-refractivity contribution in [2.45, 2.75) is 25.4 Å². The van der Waals surface area contributed by atoms with Crippen molar-refractivity contribution in [3.05, 3.63) is 41.7 Å². The molecule has 0 saturated carbocycles. The molecule has 2 bridgehead atoms. The van der Waals surface area contributed by atoms with E-state index in [1.165, 1.54) is 28.9 Å². The van der Waals surface area contributed by atoms with Crippen LogP contribution in [0.15, 0.2) is 30.5 Å². The summed E-state index contributed by atoms with van der Waals surface area (Å²) in [7, 11) is 1.42. The van der Waals surface area contributed by atoms with Crippen molar-refractivity contribution in [3.63, 3.8) is 0 Å². The summed E-state index contributed by atoms with van der Waals surface area (Å²) in [5, 5.41) is 24.9. The van der Waals surface area contributed by atoms with Gasteiger partial charge in [0.25, 0.3) is 11.8 Å². The molecule has 4 N–H and O–H groups in total. The normalized spacial score (nSPS) is 18.9. The monoisotopic (exact) mass is 501 g/mol. The number of hydrogen-bond acceptors (Lipinski definition) is 8. The summed E-state index contributed by atoms with van der Waals surface area (Å²) in [5.41, 5.74) is 0.175. The Hall–Kier alpha value is -4.49. The quantitative estimate of drug-likeness (QED) is 0.366. The fourth-order valence-corrected chi connectivity index (χ4v) is 3.33. The Bertz CT molecular complexity index is 1130. The van der Waals surface area contributed by atoms with Gasteiger partial charge in [0, 0.05) is 20.0 Å². The van der Waals surface area contributed by atoms with Crippen molar-refractivity contribution in [2.24, 2.45) is 0 Å². The van der Waals surface area contributed by atoms with E-state index in [0.29, 0.717) is 0 Å². The lowest BCUT2D eigenvalue weighted by molar-refractivity contribution is -0.140. The van der Waals surface area contributed by atoms with Crippen LogP contribution in [0.4, 0.5) is 0 Å². The fraction of sp³-hybridized carbons (Fsp3) is 0.409. The van der Waals surface area contributed by atoms with Crippen molar-refractivity contribution in [1.82, 2.24) is 35.8 Å². The van der Waals surface area contributed by atoms with E-state index in [1.54, 1.807) is 18.2 Å². The third kappa shape index (κ3) is 7.25. The number of fused-ring (bicyclic) bond motifs is 3. The summed E-state index contributed by atoms with van der Waals surface area (Å²) in [5.74, 6) is -3.16. The first-order valence-corrected chi connectivity index (χ1v) is 11.2. The number of carboxylic acids is 1. The van der Waals surface area contributed by atoms with Gasteiger partial charge in [-0.25, -0.2) is 9.48 Å². The SMILES string of the molecule is CN1CC(=O)NCCn2cc(nn2)C(=O)NCCOc2ccccc2C(=O)N[C@H](C(=O)O)CCC1=O. The Balaban J connectivity index is 1.76. The molecule has 192 valence electrons. The van der Waals surface area contributed by atoms with Gasteiger partial charge in [-0.15, -0.1) is 5.10 Å². The second-order valence-corrected chi connectivity index (χ2v) is 7.97. The molecule has 1 aliphatic rings. The first-order valence-electron chi connectivity index (χ1n) is 11.2. The minimum Gasteiger partial charge on any atom is -0.491 e. The number of carboxylic acid groups (broad SMARTS) is 1. The summed E-state index contributed by atoms with van der Waals surface area (Å²) in [6.45, 7) is 0.332. The molecule has 3 rings (SSSR count). The average molecular weight is 502 g/mol. The molecular formula is C22H27N7O7. The van der Waals surface area contributed by atoms with E-state index < -0.39 is 35.6 Å². The Morgan fingerprint density at radius 1 is 1.11 bits per heavy atom. The van der Waals surface area contributed by atoms with Crippen LogP contribution in [0.2, 0.25) is 0 Å². The van der Waals surface area contributed by atoms with Crippen LogP contribution in [0, 0.1) is 0 Å². The van der Waals surface area contributed by atoms with Gasteiger partial charge in [0.2, 0.25) is 11.8 Å². The Kier molecular flexibility index (Phi) is 8.91. The number of carbonyl (C=O) groups excluding carboxylic acids is 4. The minimum absolute atomic E-state index is 0.0272. The average Bonchev–Trinajstić information content (AvgIpc) is 3.32. The van der Waals surface area contributed by atoms with Crippen LogP contribution in [0.1, 0.15) is 33.7 Å². The molecule has 0 saturated heterocycles. The molecule has 0 unspecified atom stereocenters. The van der Waals surface area contributed by atoms with Crippen LogP contribution in [-0.2, 0) is 20.9 Å². The van der Waals surface area contributed by atoms with Crippen LogP contribution in [-0.4, -0.2) is 93.9 Å². The van der Waals surface area contributed by atoms with Gasteiger partial charge in [-0.2, -0.15) is 0 Å². The van der Waals surface area contributed by atoms with Crippen molar-refractivity contribution in [2.75, 3.05) is 33.3 Å². The van der Waals surface area contributed by atoms with E-state index in [1.807, 2.05) is 0 Å². The molecule has 14 heteroatoms. The number of nitrogens with one attached hydrogen (secondary N) is 3. The molecule has 0 aliphatic carbocycles. The van der Waals surface area contributed by atoms with E-state index in [0.717, 1.165) is 0 Å². The van der Waals surface area contributed by atoms with E-state index in [2.05, 4.69) is 26.3 Å². The maximum Gasteiger partial charge on any atom is 0.326 e. The minimum atomic E-state index is -1.33. The zero-order chi connectivity index (χ0) is 26.1. The molecule has 14 nitrogen and oxygen atoms in total. The second kappa shape index (κ2) is 12.3. The number of ether oxygens (including phenoxy) is 1. The predicted octanol–water partition coefficient (Wildman–Crippen LogP) is -1.36. The highest BCUT2D eigenvalue weighted by Gasteiger charge is 2.24. The van der Waals surface area contributed by atoms with Crippen LogP contribution in [0.25, 0.3) is 0 Å². The van der Waals surface area contributed by atoms with Crippen molar-refractivity contribution in [3.8, 4) is 5.75 Å². The van der Waals surface area contributed by atoms with Gasteiger partial charge < -0.3 is 30.7 Å². The molecule has 1 aromatic heterocycles. The van der Waals surface area contributed by atoms with Gasteiger partial charge in [0.05, 0.1) is 31.4 Å². The first kappa shape index (κ1) is 26.1. The van der Waals surface area contributed by atoms with Gasteiger partial charge in [0.1, 0.15) is 18.4 Å². The number of benzene rings is 1. The maximum absolute atomic E-state index is 12.8. The molecule has 2 heterocycles. The highest BCUT2D eigenvalue weighted by molar-refractivity contribution is 5.99. The van der Waals surface area contributed by atoms with Gasteiger partial charge in [-0.05, 0) is 18.6 Å². The maximum atomic E-state index is 12.8. The van der Waals surface area contributed by atoms with Gasteiger partial charge in [-0.3, -0.25) is 19.2 Å². The van der Waals surface area contributed by atoms with Crippen molar-refractivity contribution < 1.29 is 33.8 Å². The predicted molar refractivity (Wildman–Crippen MR) is 123 cm³/mol. The van der Waals surface area contributed by atoms with Crippen LogP contribution < -0.4 is 20.7 Å². The largest absolute Gasteiger partial charge is 0.491 e. The molecule has 2 aromatic rings. The Morgan fingerprint density at radius 3 is 2.67 bits per heavy atom. The summed E-state index contributed by atoms with van der Waals surface area (Å²) >= 11 is 0. The fourth-order valence-electron chi connectivity index (χ4n) is 3.33. The number of likely N-dealkylation sites (N-methyl/N-ethyl adjacent to an activating group) is 1. The number of hydrogen-bond donors (Lipinski definition) is 4. The lowest BCUT2D eigenvalue weighted by Crippen LogP contribution is -2.43. The Morgan fingerprint density at radius 2 is 1.89 bits per heavy atom. The highest BCUT2D eigenvalue weighted by Crippen LogP contribution is 2.18. The van der Waals surface area contributed by atoms with E-state index >= 15 is 0 Å². The summed E-state index contributed by atoms with van der Waals surface area (Å²) in [4.78, 5) is 62.5. The van der Waals surface area contributed by atoms with Gasteiger partial charge >= 0.3 is 5.97 Å². The van der Waals surface area contributed by atoms with Crippen molar-refractivity contribution in [1.29, 1.82) is 0 Å². The molecule has 4 amide bonds. The highest BCUT2D eigenvalue weighted by atomic mass is 16.5. The number of nitrogens with zero attached hydrogens (tertiary/aromatic N) is 4. The number of aromatic nitrogens is 3.